The van der Waals surface area contributed by atoms with Gasteiger partial charge < -0.3 is 14.5 Å². The average molecular weight is 155 g/mol. The van der Waals surface area contributed by atoms with E-state index in [4.69, 9.17) is 4.42 Å². The first-order valence-electron chi connectivity index (χ1n) is 2.75. The molecule has 1 heterocycles. The third-order valence-electron chi connectivity index (χ3n) is 0.874. The fourth-order valence-electron chi connectivity index (χ4n) is 0.504. The molecule has 0 aromatic carbocycles. The summed E-state index contributed by atoms with van der Waals surface area (Å²) in [4.78, 5) is 9.68. The summed E-state index contributed by atoms with van der Waals surface area (Å²) in [5.41, 5.74) is 1.62. The van der Waals surface area contributed by atoms with Gasteiger partial charge in [-0.25, -0.2) is 0 Å². The molecule has 1 aromatic rings. The van der Waals surface area contributed by atoms with Crippen LogP contribution in [0.2, 0.25) is 0 Å². The Labute approximate surface area is 61.6 Å². The van der Waals surface area contributed by atoms with Crippen molar-refractivity contribution < 1.29 is 9.45 Å². The van der Waals surface area contributed by atoms with Gasteiger partial charge in [0.15, 0.2) is 5.76 Å². The van der Waals surface area contributed by atoms with Crippen LogP contribution in [0.5, 0.6) is 0 Å². The van der Waals surface area contributed by atoms with E-state index < -0.39 is 5.03 Å². The molecule has 11 heavy (non-hydrogen) atoms. The Morgan fingerprint density at radius 2 is 2.64 bits per heavy atom. The number of hydrogen-bond donors (Lipinski definition) is 1. The molecule has 6 heteroatoms. The summed E-state index contributed by atoms with van der Waals surface area (Å²) in [6.45, 7) is 0. The molecule has 0 saturated heterocycles. The topological polar surface area (TPSA) is 80.7 Å². The van der Waals surface area contributed by atoms with Gasteiger partial charge in [-0.3, -0.25) is 0 Å². The Morgan fingerprint density at radius 1 is 1.82 bits per heavy atom. The molecule has 1 N–H and O–H groups in total. The Hall–Kier alpha value is -1.85. The van der Waals surface area contributed by atoms with E-state index >= 15 is 0 Å². The van der Waals surface area contributed by atoms with E-state index in [2.05, 4.69) is 5.10 Å². The van der Waals surface area contributed by atoms with Gasteiger partial charge in [-0.15, -0.1) is 0 Å². The average Bonchev–Trinajstić information content (AvgIpc) is 2.39. The quantitative estimate of drug-likeness (QED) is 0.389. The SMILES string of the molecule is O=[N+]([O-])NN=Cc1ccco1. The van der Waals surface area contributed by atoms with Crippen molar-refractivity contribution in [2.24, 2.45) is 5.10 Å². The van der Waals surface area contributed by atoms with E-state index in [1.54, 1.807) is 17.7 Å². The highest BCUT2D eigenvalue weighted by Gasteiger charge is 1.92. The van der Waals surface area contributed by atoms with Crippen LogP contribution in [0.15, 0.2) is 27.9 Å². The van der Waals surface area contributed by atoms with Crippen LogP contribution in [0.1, 0.15) is 5.76 Å². The highest BCUT2D eigenvalue weighted by molar-refractivity contribution is 5.75. The fourth-order valence-corrected chi connectivity index (χ4v) is 0.504. The van der Waals surface area contributed by atoms with Crippen LogP contribution in [0.25, 0.3) is 0 Å². The lowest BCUT2D eigenvalue weighted by atomic mass is 10.5. The summed E-state index contributed by atoms with van der Waals surface area (Å²) in [6, 6.07) is 3.29. The fraction of sp³-hybridized carbons (Fsp3) is 0. The van der Waals surface area contributed by atoms with Crippen molar-refractivity contribution in [2.45, 2.75) is 0 Å². The first kappa shape index (κ1) is 7.26. The van der Waals surface area contributed by atoms with Gasteiger partial charge in [-0.1, -0.05) is 0 Å². The summed E-state index contributed by atoms with van der Waals surface area (Å²) < 4.78 is 4.80. The molecule has 0 spiro atoms. The van der Waals surface area contributed by atoms with E-state index in [-0.39, 0.29) is 0 Å². The highest BCUT2D eigenvalue weighted by Crippen LogP contribution is 1.93. The van der Waals surface area contributed by atoms with Crippen molar-refractivity contribution in [3.05, 3.63) is 34.3 Å². The minimum atomic E-state index is -0.764. The maximum absolute atomic E-state index is 9.68. The Morgan fingerprint density at radius 3 is 3.18 bits per heavy atom. The van der Waals surface area contributed by atoms with Gasteiger partial charge in [0.1, 0.15) is 0 Å². The Bertz CT molecular complexity index is 254. The van der Waals surface area contributed by atoms with Crippen LogP contribution in [0, 0.1) is 10.1 Å². The maximum Gasteiger partial charge on any atom is 0.207 e. The highest BCUT2D eigenvalue weighted by atomic mass is 16.7. The standard InChI is InChI=1S/C5H5N3O3/c9-8(10)7-6-4-5-2-1-3-11-5/h1-4,7H. The molecule has 6 nitrogen and oxygen atoms in total. The van der Waals surface area contributed by atoms with Crippen LogP contribution in [0.3, 0.4) is 0 Å². The van der Waals surface area contributed by atoms with Crippen LogP contribution in [-0.4, -0.2) is 11.2 Å². The summed E-state index contributed by atoms with van der Waals surface area (Å²) in [5.74, 6) is 0.458. The molecule has 1 aromatic heterocycles. The summed E-state index contributed by atoms with van der Waals surface area (Å²) >= 11 is 0. The summed E-state index contributed by atoms with van der Waals surface area (Å²) in [7, 11) is 0. The number of nitro groups is 1. The number of hydrazone groups is 1. The molecule has 0 aliphatic rings. The van der Waals surface area contributed by atoms with Crippen molar-refractivity contribution in [2.75, 3.05) is 0 Å². The molecule has 0 atom stereocenters. The van der Waals surface area contributed by atoms with Gasteiger partial charge in [-0.05, 0) is 17.7 Å². The second-order valence-electron chi connectivity index (χ2n) is 1.63. The minimum Gasteiger partial charge on any atom is -0.461 e. The number of hydrogen-bond acceptors (Lipinski definition) is 4. The number of nitrogens with zero attached hydrogens (tertiary/aromatic N) is 2. The molecular formula is C5H5N3O3. The van der Waals surface area contributed by atoms with Crippen molar-refractivity contribution in [1.82, 2.24) is 5.53 Å². The van der Waals surface area contributed by atoms with Gasteiger partial charge >= 0.3 is 0 Å². The number of nitrogens with one attached hydrogen (secondary N) is 1. The lowest BCUT2D eigenvalue weighted by Gasteiger charge is -1.84. The molecule has 0 aliphatic heterocycles. The first-order chi connectivity index (χ1) is 5.29. The van der Waals surface area contributed by atoms with Crippen LogP contribution in [-0.2, 0) is 0 Å². The van der Waals surface area contributed by atoms with Gasteiger partial charge in [0, 0.05) is 5.10 Å². The zero-order valence-electron chi connectivity index (χ0n) is 5.43. The third kappa shape index (κ3) is 2.48. The van der Waals surface area contributed by atoms with Crippen molar-refractivity contribution >= 4 is 6.21 Å². The van der Waals surface area contributed by atoms with E-state index in [1.807, 2.05) is 0 Å². The van der Waals surface area contributed by atoms with Gasteiger partial charge in [0.2, 0.25) is 6.21 Å². The van der Waals surface area contributed by atoms with Crippen molar-refractivity contribution in [3.63, 3.8) is 0 Å². The largest absolute Gasteiger partial charge is 0.461 e. The number of rotatable bonds is 3. The lowest BCUT2D eigenvalue weighted by molar-refractivity contribution is -0.544. The monoisotopic (exact) mass is 155 g/mol. The van der Waals surface area contributed by atoms with E-state index in [1.165, 1.54) is 12.5 Å². The van der Waals surface area contributed by atoms with E-state index in [0.29, 0.717) is 5.76 Å². The molecule has 1 rings (SSSR count). The maximum atomic E-state index is 9.68. The zero-order chi connectivity index (χ0) is 8.10. The molecule has 0 amide bonds. The predicted molar refractivity (Wildman–Crippen MR) is 36.4 cm³/mol. The number of furan rings is 1. The smallest absolute Gasteiger partial charge is 0.207 e. The molecule has 0 unspecified atom stereocenters. The van der Waals surface area contributed by atoms with Crippen molar-refractivity contribution in [1.29, 1.82) is 0 Å². The molecular weight excluding hydrogens is 150 g/mol. The molecule has 0 radical (unpaired) electrons. The minimum absolute atomic E-state index is 0.458. The summed E-state index contributed by atoms with van der Waals surface area (Å²) in [6.07, 6.45) is 2.66. The Balaban J connectivity index is 2.43. The van der Waals surface area contributed by atoms with Crippen molar-refractivity contribution in [3.8, 4) is 0 Å². The lowest BCUT2D eigenvalue weighted by Crippen LogP contribution is -2.14. The van der Waals surface area contributed by atoms with Gasteiger partial charge in [-0.2, -0.15) is 0 Å². The number of hydrazine groups is 1. The molecule has 58 valence electrons. The molecule has 0 saturated carbocycles. The zero-order valence-corrected chi connectivity index (χ0v) is 5.43. The normalized spacial score (nSPS) is 10.2. The van der Waals surface area contributed by atoms with Gasteiger partial charge in [0.05, 0.1) is 11.3 Å². The second-order valence-corrected chi connectivity index (χ2v) is 1.63. The van der Waals surface area contributed by atoms with Crippen LogP contribution >= 0.6 is 0 Å². The van der Waals surface area contributed by atoms with Crippen LogP contribution < -0.4 is 5.53 Å². The molecule has 0 bridgehead atoms. The Kier molecular flexibility index (Phi) is 2.21. The molecule has 0 aliphatic carbocycles. The van der Waals surface area contributed by atoms with E-state index in [0.717, 1.165) is 0 Å². The predicted octanol–water partition coefficient (Wildman–Crippen LogP) is 0.395. The second kappa shape index (κ2) is 3.35. The summed E-state index contributed by atoms with van der Waals surface area (Å²) in [5, 5.41) is 12.2. The van der Waals surface area contributed by atoms with Crippen LogP contribution in [0.4, 0.5) is 0 Å². The van der Waals surface area contributed by atoms with E-state index in [9.17, 15) is 10.1 Å². The molecule has 0 fully saturated rings. The van der Waals surface area contributed by atoms with Gasteiger partial charge in [0.25, 0.3) is 0 Å². The third-order valence-corrected chi connectivity index (χ3v) is 0.874. The first-order valence-corrected chi connectivity index (χ1v) is 2.75.